The van der Waals surface area contributed by atoms with Crippen molar-refractivity contribution in [1.29, 1.82) is 5.26 Å². The number of hydrogen-bond acceptors (Lipinski definition) is 7. The van der Waals surface area contributed by atoms with E-state index >= 15 is 0 Å². The lowest BCUT2D eigenvalue weighted by Gasteiger charge is -2.21. The van der Waals surface area contributed by atoms with Gasteiger partial charge >= 0.3 is 5.97 Å². The van der Waals surface area contributed by atoms with Crippen molar-refractivity contribution in [3.8, 4) is 6.07 Å². The highest BCUT2D eigenvalue weighted by molar-refractivity contribution is 5.89. The maximum atomic E-state index is 12.2. The summed E-state index contributed by atoms with van der Waals surface area (Å²) in [6.07, 6.45) is 2.08. The molecule has 3 heterocycles. The zero-order valence-corrected chi connectivity index (χ0v) is 14.4. The Balaban J connectivity index is 1.50. The summed E-state index contributed by atoms with van der Waals surface area (Å²) in [7, 11) is 0. The number of nitriles is 1. The molecular weight excluding hydrogens is 346 g/mol. The number of nitrogen functional groups attached to an aromatic ring is 1. The van der Waals surface area contributed by atoms with Crippen molar-refractivity contribution in [2.24, 2.45) is 0 Å². The third-order valence-corrected chi connectivity index (χ3v) is 4.67. The number of hydrogen-bond donors (Lipinski definition) is 1. The predicted molar refractivity (Wildman–Crippen MR) is 95.5 cm³/mol. The Morgan fingerprint density at radius 2 is 2.19 bits per heavy atom. The van der Waals surface area contributed by atoms with Crippen LogP contribution in [-0.2, 0) is 9.47 Å². The van der Waals surface area contributed by atoms with E-state index in [2.05, 4.69) is 16.2 Å². The Morgan fingerprint density at radius 3 is 2.96 bits per heavy atom. The van der Waals surface area contributed by atoms with Crippen LogP contribution in [0.4, 0.5) is 5.82 Å². The molecule has 1 saturated heterocycles. The fourth-order valence-electron chi connectivity index (χ4n) is 3.24. The van der Waals surface area contributed by atoms with Gasteiger partial charge in [-0.1, -0.05) is 18.2 Å². The van der Waals surface area contributed by atoms with Crippen molar-refractivity contribution < 1.29 is 14.3 Å². The van der Waals surface area contributed by atoms with Gasteiger partial charge in [0.05, 0.1) is 11.3 Å². The number of ether oxygens (including phenoxy) is 2. The Bertz CT molecular complexity index is 1030. The zero-order valence-electron chi connectivity index (χ0n) is 14.4. The molecule has 0 unspecified atom stereocenters. The van der Waals surface area contributed by atoms with Crippen LogP contribution in [-0.4, -0.2) is 32.8 Å². The van der Waals surface area contributed by atoms with E-state index in [0.717, 1.165) is 5.69 Å². The molecule has 0 amide bonds. The summed E-state index contributed by atoms with van der Waals surface area (Å²) >= 11 is 0. The van der Waals surface area contributed by atoms with Gasteiger partial charge in [0, 0.05) is 0 Å². The molecule has 3 aromatic rings. The van der Waals surface area contributed by atoms with Crippen LogP contribution in [0.1, 0.15) is 35.0 Å². The van der Waals surface area contributed by atoms with Crippen molar-refractivity contribution in [2.45, 2.75) is 24.5 Å². The van der Waals surface area contributed by atoms with E-state index < -0.39 is 11.6 Å². The lowest BCUT2D eigenvalue weighted by Crippen LogP contribution is -2.33. The second kappa shape index (κ2) is 6.70. The van der Waals surface area contributed by atoms with E-state index in [-0.39, 0.29) is 12.7 Å². The minimum atomic E-state index is -1.18. The molecular formula is C19H17N5O3. The average Bonchev–Trinajstić information content (AvgIpc) is 3.32. The summed E-state index contributed by atoms with van der Waals surface area (Å²) in [6, 6.07) is 14.5. The van der Waals surface area contributed by atoms with E-state index in [1.54, 1.807) is 28.8 Å². The monoisotopic (exact) mass is 363 g/mol. The van der Waals surface area contributed by atoms with E-state index in [1.165, 1.54) is 6.33 Å². The molecule has 4 rings (SSSR count). The number of carbonyl (C=O) groups excluding carboxylic acids is 1. The van der Waals surface area contributed by atoms with Gasteiger partial charge in [0.15, 0.2) is 11.4 Å². The van der Waals surface area contributed by atoms with Crippen LogP contribution in [0.5, 0.6) is 0 Å². The normalized spacial score (nSPS) is 21.8. The number of esters is 1. The number of nitrogens with zero attached hydrogens (tertiary/aromatic N) is 4. The fraction of sp³-hybridized carbons (Fsp3) is 0.263. The van der Waals surface area contributed by atoms with E-state index in [0.29, 0.717) is 29.7 Å². The fourth-order valence-corrected chi connectivity index (χ4v) is 3.24. The molecule has 2 atom stereocenters. The van der Waals surface area contributed by atoms with Crippen LogP contribution in [0.25, 0.3) is 5.52 Å². The second-order valence-electron chi connectivity index (χ2n) is 6.39. The molecule has 0 saturated carbocycles. The molecule has 1 aromatic carbocycles. The second-order valence-corrected chi connectivity index (χ2v) is 6.39. The van der Waals surface area contributed by atoms with Gasteiger partial charge in [-0.15, -0.1) is 0 Å². The van der Waals surface area contributed by atoms with E-state index in [1.807, 2.05) is 18.2 Å². The number of carbonyl (C=O) groups is 1. The van der Waals surface area contributed by atoms with Crippen molar-refractivity contribution in [2.75, 3.05) is 12.3 Å². The van der Waals surface area contributed by atoms with Crippen LogP contribution >= 0.6 is 0 Å². The lowest BCUT2D eigenvalue weighted by atomic mass is 10.0. The van der Waals surface area contributed by atoms with Gasteiger partial charge in [-0.2, -0.15) is 10.4 Å². The van der Waals surface area contributed by atoms with Gasteiger partial charge in [0.2, 0.25) is 0 Å². The highest BCUT2D eigenvalue weighted by atomic mass is 16.6. The van der Waals surface area contributed by atoms with Crippen LogP contribution in [0.15, 0.2) is 48.8 Å². The van der Waals surface area contributed by atoms with Crippen LogP contribution in [0.2, 0.25) is 0 Å². The van der Waals surface area contributed by atoms with Crippen molar-refractivity contribution >= 4 is 17.3 Å². The average molecular weight is 363 g/mol. The standard InChI is InChI=1S/C19H17N5O3/c20-10-19(11-26-18(25)13-4-2-1-3-5-13)9-8-16(27-19)14-6-7-15-17(21)22-12-23-24(14)15/h1-7,12,16H,8-9,11H2,(H2,21,22,23)/t16-,19-/m1/s1. The number of fused-ring (bicyclic) bond motifs is 1. The van der Waals surface area contributed by atoms with E-state index in [9.17, 15) is 10.1 Å². The molecule has 2 aromatic heterocycles. The summed E-state index contributed by atoms with van der Waals surface area (Å²) in [5, 5.41) is 13.9. The number of benzene rings is 1. The minimum Gasteiger partial charge on any atom is -0.458 e. The Kier molecular flexibility index (Phi) is 4.22. The molecule has 1 fully saturated rings. The smallest absolute Gasteiger partial charge is 0.338 e. The Morgan fingerprint density at radius 1 is 1.37 bits per heavy atom. The topological polar surface area (TPSA) is 116 Å². The highest BCUT2D eigenvalue weighted by Gasteiger charge is 2.43. The number of aromatic nitrogens is 3. The molecule has 136 valence electrons. The lowest BCUT2D eigenvalue weighted by molar-refractivity contribution is -0.0482. The SMILES string of the molecule is N#C[C@@]1(COC(=O)c2ccccc2)CC[C@H](c2ccc3c(N)ncnn23)O1. The van der Waals surface area contributed by atoms with Crippen molar-refractivity contribution in [3.05, 3.63) is 60.0 Å². The summed E-state index contributed by atoms with van der Waals surface area (Å²) in [6.45, 7) is -0.131. The van der Waals surface area contributed by atoms with Crippen molar-refractivity contribution in [1.82, 2.24) is 14.6 Å². The maximum absolute atomic E-state index is 12.2. The number of anilines is 1. The first-order valence-electron chi connectivity index (χ1n) is 8.51. The molecule has 1 aliphatic heterocycles. The largest absolute Gasteiger partial charge is 0.458 e. The van der Waals surface area contributed by atoms with Gasteiger partial charge in [-0.3, -0.25) is 0 Å². The van der Waals surface area contributed by atoms with Crippen LogP contribution < -0.4 is 5.73 Å². The number of nitrogens with two attached hydrogens (primary N) is 1. The third kappa shape index (κ3) is 3.09. The minimum absolute atomic E-state index is 0.131. The first-order valence-corrected chi connectivity index (χ1v) is 8.51. The number of rotatable bonds is 4. The van der Waals surface area contributed by atoms with Gasteiger partial charge < -0.3 is 15.2 Å². The quantitative estimate of drug-likeness (QED) is 0.707. The van der Waals surface area contributed by atoms with E-state index in [4.69, 9.17) is 15.2 Å². The molecule has 8 heteroatoms. The Labute approximate surface area is 155 Å². The molecule has 0 radical (unpaired) electrons. The third-order valence-electron chi connectivity index (χ3n) is 4.67. The van der Waals surface area contributed by atoms with Gasteiger partial charge in [-0.05, 0) is 37.1 Å². The van der Waals surface area contributed by atoms with Crippen LogP contribution in [0.3, 0.4) is 0 Å². The Hall–Kier alpha value is -3.44. The molecule has 8 nitrogen and oxygen atoms in total. The first kappa shape index (κ1) is 17.0. The van der Waals surface area contributed by atoms with Gasteiger partial charge in [0.25, 0.3) is 0 Å². The summed E-state index contributed by atoms with van der Waals surface area (Å²) in [5.74, 6) is -0.108. The summed E-state index contributed by atoms with van der Waals surface area (Å²) in [5.41, 5.74) is 6.58. The first-order chi connectivity index (χ1) is 13.1. The van der Waals surface area contributed by atoms with Crippen LogP contribution in [0, 0.1) is 11.3 Å². The molecule has 27 heavy (non-hydrogen) atoms. The van der Waals surface area contributed by atoms with Gasteiger partial charge in [0.1, 0.15) is 30.6 Å². The van der Waals surface area contributed by atoms with Crippen molar-refractivity contribution in [3.63, 3.8) is 0 Å². The summed E-state index contributed by atoms with van der Waals surface area (Å²) in [4.78, 5) is 16.1. The van der Waals surface area contributed by atoms with Gasteiger partial charge in [-0.25, -0.2) is 14.3 Å². The maximum Gasteiger partial charge on any atom is 0.338 e. The zero-order chi connectivity index (χ0) is 18.9. The molecule has 1 aliphatic rings. The summed E-state index contributed by atoms with van der Waals surface area (Å²) < 4.78 is 13.0. The molecule has 0 spiro atoms. The highest BCUT2D eigenvalue weighted by Crippen LogP contribution is 2.40. The molecule has 0 bridgehead atoms. The molecule has 0 aliphatic carbocycles. The predicted octanol–water partition coefficient (Wildman–Crippen LogP) is 2.28. The molecule has 2 N–H and O–H groups in total.